The molecule has 44 heavy (non-hydrogen) atoms. The molecule has 4 aromatic carbocycles. The molecule has 0 bridgehead atoms. The summed E-state index contributed by atoms with van der Waals surface area (Å²) in [6, 6.07) is 26.2. The van der Waals surface area contributed by atoms with E-state index in [-0.39, 0.29) is 16.4 Å². The number of sulfone groups is 1. The van der Waals surface area contributed by atoms with Gasteiger partial charge in [0.15, 0.2) is 16.4 Å². The third-order valence-electron chi connectivity index (χ3n) is 6.49. The van der Waals surface area contributed by atoms with Crippen molar-refractivity contribution in [1.29, 1.82) is 0 Å². The summed E-state index contributed by atoms with van der Waals surface area (Å²) in [6.07, 6.45) is 0.744. The molecule has 1 aromatic heterocycles. The number of nitrogens with zero attached hydrogens (tertiary/aromatic N) is 1. The van der Waals surface area contributed by atoms with Crippen molar-refractivity contribution in [1.82, 2.24) is 4.98 Å². The van der Waals surface area contributed by atoms with Gasteiger partial charge in [-0.3, -0.25) is 4.79 Å². The highest BCUT2D eigenvalue weighted by Crippen LogP contribution is 2.30. The first-order valence-corrected chi connectivity index (χ1v) is 17.3. The summed E-state index contributed by atoms with van der Waals surface area (Å²) in [7, 11) is -3.50. The molecule has 1 amide bonds. The van der Waals surface area contributed by atoms with Crippen molar-refractivity contribution in [3.05, 3.63) is 112 Å². The number of carbonyl (C=O) groups is 2. The Hall–Kier alpha value is -3.90. The molecule has 2 N–H and O–H groups in total. The number of aromatic nitrogens is 1. The third kappa shape index (κ3) is 8.38. The fraction of sp³-hybridized carbons (Fsp3) is 0.156. The van der Waals surface area contributed by atoms with E-state index < -0.39 is 28.3 Å². The summed E-state index contributed by atoms with van der Waals surface area (Å²) in [5, 5.41) is 13.4. The maximum absolute atomic E-state index is 13.3. The summed E-state index contributed by atoms with van der Waals surface area (Å²) in [5.41, 5.74) is 2.44. The minimum atomic E-state index is -3.50. The first kappa shape index (κ1) is 31.5. The average molecular weight is 667 g/mol. The van der Waals surface area contributed by atoms with Crippen molar-refractivity contribution in [2.24, 2.45) is 0 Å². The van der Waals surface area contributed by atoms with Crippen LogP contribution in [0.1, 0.15) is 27.3 Å². The van der Waals surface area contributed by atoms with Crippen LogP contribution in [-0.2, 0) is 26.8 Å². The molecule has 0 spiro atoms. The first-order chi connectivity index (χ1) is 21.2. The number of anilines is 1. The highest BCUT2D eigenvalue weighted by atomic mass is 35.5. The van der Waals surface area contributed by atoms with Gasteiger partial charge in [-0.15, -0.1) is 23.1 Å². The Kier molecular flexibility index (Phi) is 10.2. The van der Waals surface area contributed by atoms with Gasteiger partial charge in [0.25, 0.3) is 5.91 Å². The standard InChI is InChI=1S/C32H27ClN2O6S3/c33-23-11-13-25(14-12-23)44(39,40)16-4-5-21-10-15-28(41-19-31(36)37)27(17-21)35-32(38)22-6-3-7-24(18-22)42-20-30-34-26-8-1-2-9-29(26)43-30/h1-3,6-15,17-18H,4-5,16,19-20H2,(H,35,38)(H,36,37). The molecule has 0 aliphatic heterocycles. The van der Waals surface area contributed by atoms with Crippen LogP contribution in [0.4, 0.5) is 5.69 Å². The van der Waals surface area contributed by atoms with Crippen LogP contribution in [0.25, 0.3) is 10.2 Å². The van der Waals surface area contributed by atoms with E-state index in [1.807, 2.05) is 30.3 Å². The SMILES string of the molecule is O=C(O)COc1ccc(CCCS(=O)(=O)c2ccc(Cl)cc2)cc1NC(=O)c1cccc(SCc2nc3ccccc3s2)c1. The molecule has 5 aromatic rings. The molecule has 0 aliphatic rings. The Bertz CT molecular complexity index is 1880. The number of para-hydroxylation sites is 1. The lowest BCUT2D eigenvalue weighted by Gasteiger charge is -2.14. The predicted octanol–water partition coefficient (Wildman–Crippen LogP) is 7.36. The number of hydrogen-bond donors (Lipinski definition) is 2. The summed E-state index contributed by atoms with van der Waals surface area (Å²) in [5.74, 6) is -0.769. The van der Waals surface area contributed by atoms with Crippen LogP contribution in [0.3, 0.4) is 0 Å². The molecule has 0 saturated carbocycles. The first-order valence-electron chi connectivity index (χ1n) is 13.5. The van der Waals surface area contributed by atoms with Gasteiger partial charge in [0.2, 0.25) is 0 Å². The molecule has 0 radical (unpaired) electrons. The van der Waals surface area contributed by atoms with Crippen molar-refractivity contribution in [2.75, 3.05) is 17.7 Å². The van der Waals surface area contributed by atoms with E-state index in [1.165, 1.54) is 24.3 Å². The van der Waals surface area contributed by atoms with Gasteiger partial charge in [-0.2, -0.15) is 0 Å². The number of halogens is 1. The van der Waals surface area contributed by atoms with E-state index in [2.05, 4.69) is 10.3 Å². The van der Waals surface area contributed by atoms with Gasteiger partial charge in [-0.1, -0.05) is 35.9 Å². The van der Waals surface area contributed by atoms with Crippen molar-refractivity contribution in [3.8, 4) is 5.75 Å². The van der Waals surface area contributed by atoms with E-state index in [9.17, 15) is 18.0 Å². The number of carboxylic acid groups (broad SMARTS) is 1. The molecule has 0 saturated heterocycles. The van der Waals surface area contributed by atoms with Gasteiger partial charge in [0, 0.05) is 15.5 Å². The number of rotatable bonds is 13. The van der Waals surface area contributed by atoms with E-state index in [0.29, 0.717) is 34.9 Å². The second-order valence-electron chi connectivity index (χ2n) is 9.74. The molecule has 8 nitrogen and oxygen atoms in total. The van der Waals surface area contributed by atoms with Gasteiger partial charge < -0.3 is 15.2 Å². The second kappa shape index (κ2) is 14.3. The predicted molar refractivity (Wildman–Crippen MR) is 175 cm³/mol. The number of aliphatic carboxylic acids is 1. The van der Waals surface area contributed by atoms with Crippen molar-refractivity contribution < 1.29 is 27.9 Å². The smallest absolute Gasteiger partial charge is 0.341 e. The fourth-order valence-electron chi connectivity index (χ4n) is 4.37. The van der Waals surface area contributed by atoms with Crippen LogP contribution in [0.15, 0.2) is 101 Å². The number of carboxylic acids is 1. The highest BCUT2D eigenvalue weighted by molar-refractivity contribution is 7.98. The van der Waals surface area contributed by atoms with Gasteiger partial charge in [-0.05, 0) is 85.1 Å². The van der Waals surface area contributed by atoms with Crippen LogP contribution in [0.2, 0.25) is 5.02 Å². The van der Waals surface area contributed by atoms with Crippen LogP contribution < -0.4 is 10.1 Å². The lowest BCUT2D eigenvalue weighted by atomic mass is 10.1. The van der Waals surface area contributed by atoms with Crippen LogP contribution >= 0.6 is 34.7 Å². The number of benzene rings is 4. The highest BCUT2D eigenvalue weighted by Gasteiger charge is 2.16. The Morgan fingerprint density at radius 2 is 1.77 bits per heavy atom. The van der Waals surface area contributed by atoms with Crippen molar-refractivity contribution in [3.63, 3.8) is 0 Å². The van der Waals surface area contributed by atoms with Crippen molar-refractivity contribution in [2.45, 2.75) is 28.4 Å². The zero-order valence-corrected chi connectivity index (χ0v) is 26.4. The molecule has 12 heteroatoms. The Morgan fingerprint density at radius 1 is 0.977 bits per heavy atom. The third-order valence-corrected chi connectivity index (χ3v) is 10.8. The number of nitrogens with one attached hydrogen (secondary N) is 1. The van der Waals surface area contributed by atoms with E-state index >= 15 is 0 Å². The Balaban J connectivity index is 1.26. The van der Waals surface area contributed by atoms with Gasteiger partial charge in [0.05, 0.1) is 32.3 Å². The van der Waals surface area contributed by atoms with Crippen LogP contribution in [0.5, 0.6) is 5.75 Å². The monoisotopic (exact) mass is 666 g/mol. The lowest BCUT2D eigenvalue weighted by molar-refractivity contribution is -0.139. The number of thiazole rings is 1. The number of carbonyl (C=O) groups excluding carboxylic acids is 1. The summed E-state index contributed by atoms with van der Waals surface area (Å²) < 4.78 is 32.0. The molecule has 0 fully saturated rings. The minimum Gasteiger partial charge on any atom is -0.480 e. The van der Waals surface area contributed by atoms with Crippen LogP contribution in [-0.4, -0.2) is 42.7 Å². The summed E-state index contributed by atoms with van der Waals surface area (Å²) >= 11 is 9.09. The Morgan fingerprint density at radius 3 is 2.55 bits per heavy atom. The number of hydrogen-bond acceptors (Lipinski definition) is 8. The van der Waals surface area contributed by atoms with Crippen molar-refractivity contribution >= 4 is 72.3 Å². The summed E-state index contributed by atoms with van der Waals surface area (Å²) in [4.78, 5) is 30.2. The van der Waals surface area contributed by atoms with Gasteiger partial charge >= 0.3 is 5.97 Å². The van der Waals surface area contributed by atoms with Gasteiger partial charge in [-0.25, -0.2) is 18.2 Å². The van der Waals surface area contributed by atoms with E-state index in [1.54, 1.807) is 59.5 Å². The van der Waals surface area contributed by atoms with E-state index in [4.69, 9.17) is 21.4 Å². The molecule has 0 atom stereocenters. The molecule has 0 aliphatic carbocycles. The number of fused-ring (bicyclic) bond motifs is 1. The molecule has 5 rings (SSSR count). The quantitative estimate of drug-likeness (QED) is 0.125. The molecular weight excluding hydrogens is 640 g/mol. The van der Waals surface area contributed by atoms with Gasteiger partial charge in [0.1, 0.15) is 10.8 Å². The largest absolute Gasteiger partial charge is 0.480 e. The summed E-state index contributed by atoms with van der Waals surface area (Å²) in [6.45, 7) is -0.584. The zero-order valence-electron chi connectivity index (χ0n) is 23.2. The number of amides is 1. The lowest BCUT2D eigenvalue weighted by Crippen LogP contribution is -2.15. The fourth-order valence-corrected chi connectivity index (χ4v) is 7.72. The van der Waals surface area contributed by atoms with E-state index in [0.717, 1.165) is 25.7 Å². The number of aryl methyl sites for hydroxylation is 1. The topological polar surface area (TPSA) is 123 Å². The molecule has 226 valence electrons. The maximum atomic E-state index is 13.3. The zero-order chi connectivity index (χ0) is 31.1. The average Bonchev–Trinajstić information content (AvgIpc) is 3.43. The number of thioether (sulfide) groups is 1. The normalized spacial score (nSPS) is 11.4. The minimum absolute atomic E-state index is 0.0743. The molecule has 0 unspecified atom stereocenters. The number of ether oxygens (including phenoxy) is 1. The second-order valence-corrected chi connectivity index (χ2v) is 14.4. The Labute approximate surface area is 268 Å². The molecule has 1 heterocycles. The maximum Gasteiger partial charge on any atom is 0.341 e. The van der Waals surface area contributed by atoms with Crippen LogP contribution in [0, 0.1) is 0 Å². The molecular formula is C32H27ClN2O6S3.